The van der Waals surface area contributed by atoms with Gasteiger partial charge in [0.25, 0.3) is 0 Å². The van der Waals surface area contributed by atoms with Crippen LogP contribution in [0.5, 0.6) is 5.75 Å². The Morgan fingerprint density at radius 1 is 1.10 bits per heavy atom. The van der Waals surface area contributed by atoms with Gasteiger partial charge in [-0.2, -0.15) is 8.78 Å². The molecule has 2 aromatic rings. The summed E-state index contributed by atoms with van der Waals surface area (Å²) >= 11 is 0. The SMILES string of the molecule is Cc1ccccc1COC(=O)c1ccccc1OC(F)F. The first kappa shape index (κ1) is 15.0. The lowest BCUT2D eigenvalue weighted by atomic mass is 10.1. The van der Waals surface area contributed by atoms with E-state index in [1.807, 2.05) is 31.2 Å². The molecular formula is C16H14F2O3. The van der Waals surface area contributed by atoms with Crippen molar-refractivity contribution in [1.29, 1.82) is 0 Å². The second-order valence-corrected chi connectivity index (χ2v) is 4.38. The maximum absolute atomic E-state index is 12.3. The Bertz CT molecular complexity index is 626. The topological polar surface area (TPSA) is 35.5 Å². The summed E-state index contributed by atoms with van der Waals surface area (Å²) in [5.41, 5.74) is 1.83. The highest BCUT2D eigenvalue weighted by Gasteiger charge is 2.16. The van der Waals surface area contributed by atoms with Crippen molar-refractivity contribution in [2.75, 3.05) is 0 Å². The standard InChI is InChI=1S/C16H14F2O3/c1-11-6-2-3-7-12(11)10-20-15(19)13-8-4-5-9-14(13)21-16(17)18/h2-9,16H,10H2,1H3. The van der Waals surface area contributed by atoms with Crippen molar-refractivity contribution in [2.45, 2.75) is 20.1 Å². The Morgan fingerprint density at radius 3 is 2.48 bits per heavy atom. The van der Waals surface area contributed by atoms with Crippen LogP contribution in [0.4, 0.5) is 8.78 Å². The molecule has 21 heavy (non-hydrogen) atoms. The summed E-state index contributed by atoms with van der Waals surface area (Å²) < 4.78 is 34.0. The minimum atomic E-state index is -2.99. The summed E-state index contributed by atoms with van der Waals surface area (Å²) in [7, 11) is 0. The first-order valence-electron chi connectivity index (χ1n) is 6.33. The van der Waals surface area contributed by atoms with Crippen molar-refractivity contribution in [1.82, 2.24) is 0 Å². The highest BCUT2D eigenvalue weighted by molar-refractivity contribution is 5.92. The molecule has 0 aliphatic heterocycles. The zero-order valence-electron chi connectivity index (χ0n) is 11.4. The van der Waals surface area contributed by atoms with Gasteiger partial charge in [0.1, 0.15) is 17.9 Å². The molecule has 3 nitrogen and oxygen atoms in total. The molecule has 0 amide bonds. The van der Waals surface area contributed by atoms with Gasteiger partial charge in [-0.15, -0.1) is 0 Å². The fourth-order valence-electron chi connectivity index (χ4n) is 1.83. The molecule has 110 valence electrons. The Balaban J connectivity index is 2.09. The molecule has 0 fully saturated rings. The molecule has 2 rings (SSSR count). The number of rotatable bonds is 5. The van der Waals surface area contributed by atoms with Gasteiger partial charge in [-0.25, -0.2) is 4.79 Å². The van der Waals surface area contributed by atoms with Crippen molar-refractivity contribution < 1.29 is 23.0 Å². The third-order valence-corrected chi connectivity index (χ3v) is 2.94. The fourth-order valence-corrected chi connectivity index (χ4v) is 1.83. The van der Waals surface area contributed by atoms with Gasteiger partial charge in [-0.3, -0.25) is 0 Å². The van der Waals surface area contributed by atoms with Gasteiger partial charge in [0.05, 0.1) is 0 Å². The molecule has 0 heterocycles. The van der Waals surface area contributed by atoms with E-state index in [0.717, 1.165) is 11.1 Å². The van der Waals surface area contributed by atoms with Crippen LogP contribution in [0, 0.1) is 6.92 Å². The first-order valence-corrected chi connectivity index (χ1v) is 6.33. The molecule has 0 radical (unpaired) electrons. The number of benzene rings is 2. The van der Waals surface area contributed by atoms with E-state index in [2.05, 4.69) is 4.74 Å². The van der Waals surface area contributed by atoms with Crippen LogP contribution in [0.3, 0.4) is 0 Å². The second kappa shape index (κ2) is 6.83. The lowest BCUT2D eigenvalue weighted by molar-refractivity contribution is -0.0504. The predicted octanol–water partition coefficient (Wildman–Crippen LogP) is 3.95. The summed E-state index contributed by atoms with van der Waals surface area (Å²) in [5, 5.41) is 0. The van der Waals surface area contributed by atoms with Gasteiger partial charge in [0.2, 0.25) is 0 Å². The highest BCUT2D eigenvalue weighted by atomic mass is 19.3. The third-order valence-electron chi connectivity index (χ3n) is 2.94. The number of hydrogen-bond donors (Lipinski definition) is 0. The third kappa shape index (κ3) is 4.02. The van der Waals surface area contributed by atoms with Crippen molar-refractivity contribution in [2.24, 2.45) is 0 Å². The number of alkyl halides is 2. The van der Waals surface area contributed by atoms with Crippen LogP contribution < -0.4 is 4.74 Å². The Hall–Kier alpha value is -2.43. The van der Waals surface area contributed by atoms with E-state index >= 15 is 0 Å². The van der Waals surface area contributed by atoms with Crippen LogP contribution >= 0.6 is 0 Å². The lowest BCUT2D eigenvalue weighted by Crippen LogP contribution is -2.10. The van der Waals surface area contributed by atoms with Gasteiger partial charge in [0.15, 0.2) is 0 Å². The first-order chi connectivity index (χ1) is 10.1. The minimum Gasteiger partial charge on any atom is -0.457 e. The van der Waals surface area contributed by atoms with Gasteiger partial charge in [-0.1, -0.05) is 36.4 Å². The summed E-state index contributed by atoms with van der Waals surface area (Å²) in [6.45, 7) is -1.01. The fraction of sp³-hybridized carbons (Fsp3) is 0.188. The molecular weight excluding hydrogens is 278 g/mol. The zero-order valence-corrected chi connectivity index (χ0v) is 11.4. The minimum absolute atomic E-state index is 0.0219. The van der Waals surface area contributed by atoms with Crippen LogP contribution in [-0.4, -0.2) is 12.6 Å². The van der Waals surface area contributed by atoms with Crippen molar-refractivity contribution in [3.63, 3.8) is 0 Å². The molecule has 0 aromatic heterocycles. The molecule has 0 atom stereocenters. The smallest absolute Gasteiger partial charge is 0.387 e. The van der Waals surface area contributed by atoms with Gasteiger partial charge in [0, 0.05) is 0 Å². The van der Waals surface area contributed by atoms with Crippen LogP contribution in [0.25, 0.3) is 0 Å². The van der Waals surface area contributed by atoms with Crippen LogP contribution in [0.15, 0.2) is 48.5 Å². The van der Waals surface area contributed by atoms with Gasteiger partial charge < -0.3 is 9.47 Å². The second-order valence-electron chi connectivity index (χ2n) is 4.38. The number of ether oxygens (including phenoxy) is 2. The number of aryl methyl sites for hydroxylation is 1. The van der Waals surface area contributed by atoms with E-state index < -0.39 is 12.6 Å². The molecule has 0 saturated heterocycles. The molecule has 0 unspecified atom stereocenters. The number of para-hydroxylation sites is 1. The number of hydrogen-bond acceptors (Lipinski definition) is 3. The summed E-state index contributed by atoms with van der Waals surface area (Å²) in [6, 6.07) is 13.2. The number of halogens is 2. The maximum atomic E-state index is 12.3. The van der Waals surface area contributed by atoms with E-state index in [1.54, 1.807) is 6.07 Å². The van der Waals surface area contributed by atoms with Gasteiger partial charge >= 0.3 is 12.6 Å². The molecule has 0 saturated carbocycles. The lowest BCUT2D eigenvalue weighted by Gasteiger charge is -2.11. The van der Waals surface area contributed by atoms with Gasteiger partial charge in [-0.05, 0) is 30.2 Å². The Labute approximate surface area is 121 Å². The number of carbonyl (C=O) groups excluding carboxylic acids is 1. The van der Waals surface area contributed by atoms with Crippen molar-refractivity contribution in [3.8, 4) is 5.75 Å². The number of carbonyl (C=O) groups is 1. The molecule has 0 aliphatic rings. The number of esters is 1. The zero-order chi connectivity index (χ0) is 15.2. The molecule has 5 heteroatoms. The highest BCUT2D eigenvalue weighted by Crippen LogP contribution is 2.21. The van der Waals surface area contributed by atoms with Crippen LogP contribution in [-0.2, 0) is 11.3 Å². The summed E-state index contributed by atoms with van der Waals surface area (Å²) in [6.07, 6.45) is 0. The molecule has 0 spiro atoms. The van der Waals surface area contributed by atoms with Crippen LogP contribution in [0.1, 0.15) is 21.5 Å². The maximum Gasteiger partial charge on any atom is 0.387 e. The van der Waals surface area contributed by atoms with Crippen molar-refractivity contribution >= 4 is 5.97 Å². The normalized spacial score (nSPS) is 10.5. The average molecular weight is 292 g/mol. The monoisotopic (exact) mass is 292 g/mol. The van der Waals surface area contributed by atoms with E-state index in [9.17, 15) is 13.6 Å². The molecule has 0 bridgehead atoms. The quantitative estimate of drug-likeness (QED) is 0.783. The predicted molar refractivity (Wildman–Crippen MR) is 73.4 cm³/mol. The molecule has 0 N–H and O–H groups in total. The van der Waals surface area contributed by atoms with E-state index in [4.69, 9.17) is 4.74 Å². The average Bonchev–Trinajstić information content (AvgIpc) is 2.46. The molecule has 0 aliphatic carbocycles. The summed E-state index contributed by atoms with van der Waals surface area (Å²) in [4.78, 5) is 12.0. The van der Waals surface area contributed by atoms with Crippen LogP contribution in [0.2, 0.25) is 0 Å². The van der Waals surface area contributed by atoms with E-state index in [1.165, 1.54) is 18.2 Å². The van der Waals surface area contributed by atoms with E-state index in [0.29, 0.717) is 0 Å². The summed E-state index contributed by atoms with van der Waals surface area (Å²) in [5.74, 6) is -0.892. The Kier molecular flexibility index (Phi) is 4.87. The van der Waals surface area contributed by atoms with E-state index in [-0.39, 0.29) is 17.9 Å². The Morgan fingerprint density at radius 2 is 1.76 bits per heavy atom. The van der Waals surface area contributed by atoms with Crippen molar-refractivity contribution in [3.05, 3.63) is 65.2 Å². The largest absolute Gasteiger partial charge is 0.457 e. The molecule has 2 aromatic carbocycles.